The molecule has 3 nitrogen and oxygen atoms in total. The number of aryl methyl sites for hydroxylation is 2. The van der Waals surface area contributed by atoms with Crippen molar-refractivity contribution in [3.05, 3.63) is 59.2 Å². The first kappa shape index (κ1) is 14.2. The van der Waals surface area contributed by atoms with Gasteiger partial charge in [0, 0.05) is 0 Å². The average molecular weight is 282 g/mol. The largest absolute Gasteiger partial charge is 0.489 e. The Balaban J connectivity index is 1.68. The summed E-state index contributed by atoms with van der Waals surface area (Å²) in [6, 6.07) is 13.5. The van der Waals surface area contributed by atoms with Crippen LogP contribution in [0.15, 0.2) is 42.5 Å². The lowest BCUT2D eigenvalue weighted by Gasteiger charge is -2.17. The Morgan fingerprint density at radius 2 is 1.76 bits per heavy atom. The molecule has 2 aromatic carbocycles. The molecule has 1 aliphatic carbocycles. The van der Waals surface area contributed by atoms with E-state index < -0.39 is 7.12 Å². The third kappa shape index (κ3) is 3.46. The van der Waals surface area contributed by atoms with Gasteiger partial charge >= 0.3 is 7.12 Å². The molecular weight excluding hydrogens is 263 g/mol. The summed E-state index contributed by atoms with van der Waals surface area (Å²) in [5, 5.41) is 18.4. The van der Waals surface area contributed by atoms with Gasteiger partial charge in [-0.3, -0.25) is 0 Å². The fourth-order valence-corrected chi connectivity index (χ4v) is 2.81. The topological polar surface area (TPSA) is 49.7 Å². The molecular formula is C17H19BO3. The highest BCUT2D eigenvalue weighted by Gasteiger charge is 2.12. The van der Waals surface area contributed by atoms with E-state index >= 15 is 0 Å². The Labute approximate surface area is 125 Å². The molecule has 2 N–H and O–H groups in total. The third-order valence-electron chi connectivity index (χ3n) is 3.97. The van der Waals surface area contributed by atoms with Crippen LogP contribution < -0.4 is 10.2 Å². The summed E-state index contributed by atoms with van der Waals surface area (Å²) >= 11 is 0. The molecule has 0 unspecified atom stereocenters. The molecule has 0 amide bonds. The van der Waals surface area contributed by atoms with E-state index in [9.17, 15) is 10.0 Å². The molecule has 0 spiro atoms. The van der Waals surface area contributed by atoms with E-state index in [4.69, 9.17) is 4.74 Å². The Morgan fingerprint density at radius 3 is 2.57 bits per heavy atom. The van der Waals surface area contributed by atoms with E-state index in [1.165, 1.54) is 30.4 Å². The lowest BCUT2D eigenvalue weighted by atomic mass is 9.80. The van der Waals surface area contributed by atoms with Crippen molar-refractivity contribution in [1.29, 1.82) is 0 Å². The monoisotopic (exact) mass is 282 g/mol. The molecule has 4 heteroatoms. The molecule has 3 rings (SSSR count). The maximum Gasteiger partial charge on any atom is 0.488 e. The van der Waals surface area contributed by atoms with Gasteiger partial charge in [0.15, 0.2) is 0 Å². The van der Waals surface area contributed by atoms with E-state index in [1.807, 2.05) is 12.1 Å². The summed E-state index contributed by atoms with van der Waals surface area (Å²) in [5.41, 5.74) is 4.26. The summed E-state index contributed by atoms with van der Waals surface area (Å²) in [4.78, 5) is 0. The Bertz CT molecular complexity index is 625. The molecule has 1 aliphatic rings. The highest BCUT2D eigenvalue weighted by atomic mass is 16.5. The SMILES string of the molecule is OB(O)c1cccc(COc2ccc3c(c2)CCCC3)c1. The van der Waals surface area contributed by atoms with E-state index in [0.717, 1.165) is 17.7 Å². The maximum atomic E-state index is 9.18. The number of hydrogen-bond acceptors (Lipinski definition) is 3. The minimum absolute atomic E-state index is 0.430. The smallest absolute Gasteiger partial charge is 0.488 e. The van der Waals surface area contributed by atoms with Gasteiger partial charge in [-0.1, -0.05) is 30.3 Å². The van der Waals surface area contributed by atoms with Crippen molar-refractivity contribution in [3.8, 4) is 5.75 Å². The molecule has 2 aromatic rings. The quantitative estimate of drug-likeness (QED) is 0.841. The second-order valence-electron chi connectivity index (χ2n) is 5.55. The van der Waals surface area contributed by atoms with E-state index in [0.29, 0.717) is 12.1 Å². The van der Waals surface area contributed by atoms with Gasteiger partial charge in [0.25, 0.3) is 0 Å². The van der Waals surface area contributed by atoms with Crippen molar-refractivity contribution in [2.45, 2.75) is 32.3 Å². The first-order valence-corrected chi connectivity index (χ1v) is 7.42. The standard InChI is InChI=1S/C17H19BO3/c19-18(20)16-7-3-4-13(10-16)12-21-17-9-8-14-5-1-2-6-15(14)11-17/h3-4,7-11,19-20H,1-2,5-6,12H2. The molecule has 0 fully saturated rings. The van der Waals surface area contributed by atoms with E-state index in [1.54, 1.807) is 18.2 Å². The molecule has 0 saturated heterocycles. The molecule has 0 aliphatic heterocycles. The zero-order valence-electron chi connectivity index (χ0n) is 12.0. The van der Waals surface area contributed by atoms with Crippen LogP contribution in [0.25, 0.3) is 0 Å². The lowest BCUT2D eigenvalue weighted by Crippen LogP contribution is -2.29. The van der Waals surface area contributed by atoms with E-state index in [-0.39, 0.29) is 0 Å². The van der Waals surface area contributed by atoms with Gasteiger partial charge in [-0.25, -0.2) is 0 Å². The van der Waals surface area contributed by atoms with Crippen LogP contribution in [0, 0.1) is 0 Å². The highest BCUT2D eigenvalue weighted by molar-refractivity contribution is 6.58. The lowest BCUT2D eigenvalue weighted by molar-refractivity contribution is 0.305. The van der Waals surface area contributed by atoms with Gasteiger partial charge < -0.3 is 14.8 Å². The number of rotatable bonds is 4. The predicted octanol–water partition coefficient (Wildman–Crippen LogP) is 1.82. The van der Waals surface area contributed by atoms with Crippen LogP contribution in [0.3, 0.4) is 0 Å². The maximum absolute atomic E-state index is 9.18. The summed E-state index contributed by atoms with van der Waals surface area (Å²) < 4.78 is 5.83. The molecule has 0 aromatic heterocycles. The summed E-state index contributed by atoms with van der Waals surface area (Å²) in [6.45, 7) is 0.430. The van der Waals surface area contributed by atoms with Crippen LogP contribution in [0.2, 0.25) is 0 Å². The summed E-state index contributed by atoms with van der Waals surface area (Å²) in [7, 11) is -1.44. The number of benzene rings is 2. The molecule has 0 saturated carbocycles. The predicted molar refractivity (Wildman–Crippen MR) is 83.7 cm³/mol. The first-order chi connectivity index (χ1) is 10.2. The molecule has 21 heavy (non-hydrogen) atoms. The van der Waals surface area contributed by atoms with Crippen LogP contribution in [-0.4, -0.2) is 17.2 Å². The van der Waals surface area contributed by atoms with Gasteiger partial charge in [-0.15, -0.1) is 0 Å². The van der Waals surface area contributed by atoms with Gasteiger partial charge in [0.1, 0.15) is 12.4 Å². The second kappa shape index (κ2) is 6.33. The normalized spacial score (nSPS) is 13.6. The first-order valence-electron chi connectivity index (χ1n) is 7.42. The van der Waals surface area contributed by atoms with Crippen molar-refractivity contribution in [2.24, 2.45) is 0 Å². The Morgan fingerprint density at radius 1 is 0.952 bits per heavy atom. The molecule has 0 heterocycles. The van der Waals surface area contributed by atoms with Gasteiger partial charge in [0.05, 0.1) is 0 Å². The molecule has 0 radical (unpaired) electrons. The van der Waals surface area contributed by atoms with E-state index in [2.05, 4.69) is 12.1 Å². The minimum atomic E-state index is -1.44. The van der Waals surface area contributed by atoms with Crippen LogP contribution in [0.4, 0.5) is 0 Å². The third-order valence-corrected chi connectivity index (χ3v) is 3.97. The number of hydrogen-bond donors (Lipinski definition) is 2. The van der Waals surface area contributed by atoms with Crippen molar-refractivity contribution in [2.75, 3.05) is 0 Å². The Hall–Kier alpha value is -1.78. The highest BCUT2D eigenvalue weighted by Crippen LogP contribution is 2.25. The summed E-state index contributed by atoms with van der Waals surface area (Å²) in [5.74, 6) is 0.880. The molecule has 0 atom stereocenters. The van der Waals surface area contributed by atoms with Gasteiger partial charge in [0.2, 0.25) is 0 Å². The van der Waals surface area contributed by atoms with Crippen LogP contribution >= 0.6 is 0 Å². The van der Waals surface area contributed by atoms with Crippen LogP contribution in [0.5, 0.6) is 5.75 Å². The zero-order valence-corrected chi connectivity index (χ0v) is 12.0. The zero-order chi connectivity index (χ0) is 14.7. The van der Waals surface area contributed by atoms with Gasteiger partial charge in [-0.2, -0.15) is 0 Å². The average Bonchev–Trinajstić information content (AvgIpc) is 2.53. The molecule has 108 valence electrons. The molecule has 0 bridgehead atoms. The fraction of sp³-hybridized carbons (Fsp3) is 0.294. The van der Waals surface area contributed by atoms with Crippen LogP contribution in [0.1, 0.15) is 29.5 Å². The van der Waals surface area contributed by atoms with Crippen molar-refractivity contribution in [1.82, 2.24) is 0 Å². The van der Waals surface area contributed by atoms with Gasteiger partial charge in [-0.05, 0) is 60.0 Å². The van der Waals surface area contributed by atoms with Crippen molar-refractivity contribution in [3.63, 3.8) is 0 Å². The second-order valence-corrected chi connectivity index (χ2v) is 5.55. The van der Waals surface area contributed by atoms with Crippen molar-refractivity contribution < 1.29 is 14.8 Å². The van der Waals surface area contributed by atoms with Crippen molar-refractivity contribution >= 4 is 12.6 Å². The Kier molecular flexibility index (Phi) is 4.27. The minimum Gasteiger partial charge on any atom is -0.489 e. The number of ether oxygens (including phenoxy) is 1. The van der Waals surface area contributed by atoms with Crippen LogP contribution in [-0.2, 0) is 19.4 Å². The number of fused-ring (bicyclic) bond motifs is 1. The summed E-state index contributed by atoms with van der Waals surface area (Å²) in [6.07, 6.45) is 4.85. The fourth-order valence-electron chi connectivity index (χ4n) is 2.81.